The SMILES string of the molecule is CN(C)C(=O)NCCNC(=O)c1cc(N)ncc1[N+](=O)[O-]. The molecule has 21 heavy (non-hydrogen) atoms. The van der Waals surface area contributed by atoms with E-state index in [1.165, 1.54) is 4.90 Å². The maximum Gasteiger partial charge on any atom is 0.316 e. The van der Waals surface area contributed by atoms with Crippen LogP contribution in [0.25, 0.3) is 0 Å². The lowest BCUT2D eigenvalue weighted by Crippen LogP contribution is -2.39. The molecule has 0 aliphatic heterocycles. The number of rotatable bonds is 5. The highest BCUT2D eigenvalue weighted by Gasteiger charge is 2.20. The highest BCUT2D eigenvalue weighted by Crippen LogP contribution is 2.18. The summed E-state index contributed by atoms with van der Waals surface area (Å²) in [6.45, 7) is 0.314. The first-order valence-corrected chi connectivity index (χ1v) is 5.96. The summed E-state index contributed by atoms with van der Waals surface area (Å²) in [4.78, 5) is 38.1. The summed E-state index contributed by atoms with van der Waals surface area (Å²) < 4.78 is 0. The number of hydrogen-bond acceptors (Lipinski definition) is 6. The minimum absolute atomic E-state index is 0.00617. The summed E-state index contributed by atoms with van der Waals surface area (Å²) in [5.41, 5.74) is 4.81. The highest BCUT2D eigenvalue weighted by atomic mass is 16.6. The van der Waals surface area contributed by atoms with Gasteiger partial charge in [0, 0.05) is 27.2 Å². The zero-order valence-electron chi connectivity index (χ0n) is 11.6. The number of nitrogen functional groups attached to an aromatic ring is 1. The fourth-order valence-corrected chi connectivity index (χ4v) is 1.39. The number of nitrogens with one attached hydrogen (secondary N) is 2. The van der Waals surface area contributed by atoms with Crippen LogP contribution in [-0.2, 0) is 0 Å². The molecule has 0 saturated carbocycles. The Morgan fingerprint density at radius 3 is 2.57 bits per heavy atom. The largest absolute Gasteiger partial charge is 0.384 e. The van der Waals surface area contributed by atoms with E-state index >= 15 is 0 Å². The summed E-state index contributed by atoms with van der Waals surface area (Å²) in [6.07, 6.45) is 0.929. The molecular weight excluding hydrogens is 280 g/mol. The predicted octanol–water partition coefficient (Wildman–Crippen LogP) is -0.427. The monoisotopic (exact) mass is 296 g/mol. The van der Waals surface area contributed by atoms with E-state index in [-0.39, 0.29) is 30.5 Å². The average Bonchev–Trinajstić information content (AvgIpc) is 2.42. The zero-order valence-corrected chi connectivity index (χ0v) is 11.6. The summed E-state index contributed by atoms with van der Waals surface area (Å²) in [5, 5.41) is 15.8. The second kappa shape index (κ2) is 7.03. The van der Waals surface area contributed by atoms with Crippen LogP contribution in [0.4, 0.5) is 16.3 Å². The van der Waals surface area contributed by atoms with E-state index in [1.54, 1.807) is 14.1 Å². The Morgan fingerprint density at radius 1 is 1.38 bits per heavy atom. The Bertz CT molecular complexity index is 560. The molecule has 3 amide bonds. The van der Waals surface area contributed by atoms with Crippen molar-refractivity contribution in [2.75, 3.05) is 32.9 Å². The predicted molar refractivity (Wildman–Crippen MR) is 74.7 cm³/mol. The molecule has 1 aromatic heterocycles. The molecule has 0 aliphatic carbocycles. The third kappa shape index (κ3) is 4.60. The van der Waals surface area contributed by atoms with E-state index in [0.29, 0.717) is 0 Å². The van der Waals surface area contributed by atoms with E-state index in [2.05, 4.69) is 15.6 Å². The van der Waals surface area contributed by atoms with Crippen LogP contribution in [0.3, 0.4) is 0 Å². The number of amides is 3. The fraction of sp³-hybridized carbons (Fsp3) is 0.364. The summed E-state index contributed by atoms with van der Waals surface area (Å²) in [7, 11) is 3.16. The molecule has 10 nitrogen and oxygen atoms in total. The molecular formula is C11H16N6O4. The Morgan fingerprint density at radius 2 is 2.00 bits per heavy atom. The first-order valence-electron chi connectivity index (χ1n) is 5.96. The van der Waals surface area contributed by atoms with Gasteiger partial charge in [0.15, 0.2) is 0 Å². The third-order valence-corrected chi connectivity index (χ3v) is 2.44. The molecule has 0 spiro atoms. The smallest absolute Gasteiger partial charge is 0.316 e. The van der Waals surface area contributed by atoms with Gasteiger partial charge in [-0.05, 0) is 6.07 Å². The minimum atomic E-state index is -0.713. The second-order valence-corrected chi connectivity index (χ2v) is 4.27. The van der Waals surface area contributed by atoms with Gasteiger partial charge in [-0.25, -0.2) is 9.78 Å². The van der Waals surface area contributed by atoms with Crippen molar-refractivity contribution in [1.29, 1.82) is 0 Å². The van der Waals surface area contributed by atoms with E-state index < -0.39 is 16.5 Å². The maximum absolute atomic E-state index is 11.9. The van der Waals surface area contributed by atoms with Crippen molar-refractivity contribution in [2.45, 2.75) is 0 Å². The number of carbonyl (C=O) groups is 2. The molecule has 0 aromatic carbocycles. The lowest BCUT2D eigenvalue weighted by molar-refractivity contribution is -0.385. The average molecular weight is 296 g/mol. The maximum atomic E-state index is 11.9. The number of nitrogens with zero attached hydrogens (tertiary/aromatic N) is 3. The van der Waals surface area contributed by atoms with Gasteiger partial charge in [0.25, 0.3) is 11.6 Å². The number of carbonyl (C=O) groups excluding carboxylic acids is 2. The molecule has 0 unspecified atom stereocenters. The van der Waals surface area contributed by atoms with Gasteiger partial charge >= 0.3 is 6.03 Å². The minimum Gasteiger partial charge on any atom is -0.384 e. The van der Waals surface area contributed by atoms with Crippen molar-refractivity contribution in [3.63, 3.8) is 0 Å². The topological polar surface area (TPSA) is 143 Å². The van der Waals surface area contributed by atoms with Crippen molar-refractivity contribution in [1.82, 2.24) is 20.5 Å². The van der Waals surface area contributed by atoms with Gasteiger partial charge in [-0.15, -0.1) is 0 Å². The van der Waals surface area contributed by atoms with Crippen LogP contribution in [-0.4, -0.2) is 53.9 Å². The van der Waals surface area contributed by atoms with Crippen molar-refractivity contribution < 1.29 is 14.5 Å². The normalized spacial score (nSPS) is 9.81. The van der Waals surface area contributed by atoms with Gasteiger partial charge in [0.05, 0.1) is 4.92 Å². The number of anilines is 1. The van der Waals surface area contributed by atoms with Crippen LogP contribution in [0.1, 0.15) is 10.4 Å². The molecule has 0 fully saturated rings. The molecule has 1 rings (SSSR count). The molecule has 1 heterocycles. The van der Waals surface area contributed by atoms with Crippen LogP contribution in [0, 0.1) is 10.1 Å². The summed E-state index contributed by atoms with van der Waals surface area (Å²) in [6, 6.07) is 0.828. The number of hydrogen-bond donors (Lipinski definition) is 3. The van der Waals surface area contributed by atoms with Crippen molar-refractivity contribution in [2.24, 2.45) is 0 Å². The second-order valence-electron chi connectivity index (χ2n) is 4.27. The van der Waals surface area contributed by atoms with Crippen LogP contribution in [0.15, 0.2) is 12.3 Å². The quantitative estimate of drug-likeness (QED) is 0.382. The van der Waals surface area contributed by atoms with Crippen molar-refractivity contribution in [3.8, 4) is 0 Å². The van der Waals surface area contributed by atoms with Crippen LogP contribution >= 0.6 is 0 Å². The van der Waals surface area contributed by atoms with E-state index in [9.17, 15) is 19.7 Å². The van der Waals surface area contributed by atoms with Gasteiger partial charge in [-0.2, -0.15) is 0 Å². The molecule has 0 radical (unpaired) electrons. The van der Waals surface area contributed by atoms with Crippen LogP contribution in [0.5, 0.6) is 0 Å². The lowest BCUT2D eigenvalue weighted by atomic mass is 10.2. The molecule has 114 valence electrons. The lowest BCUT2D eigenvalue weighted by Gasteiger charge is -2.12. The Labute approximate surface area is 120 Å². The van der Waals surface area contributed by atoms with Crippen LogP contribution < -0.4 is 16.4 Å². The molecule has 0 aliphatic rings. The first-order chi connectivity index (χ1) is 9.82. The van der Waals surface area contributed by atoms with Gasteiger partial charge in [-0.3, -0.25) is 14.9 Å². The summed E-state index contributed by atoms with van der Waals surface area (Å²) >= 11 is 0. The summed E-state index contributed by atoms with van der Waals surface area (Å²) in [5.74, 6) is -0.651. The number of pyridine rings is 1. The van der Waals surface area contributed by atoms with Gasteiger partial charge < -0.3 is 21.3 Å². The zero-order chi connectivity index (χ0) is 16.0. The van der Waals surface area contributed by atoms with E-state index in [1.807, 2.05) is 0 Å². The van der Waals surface area contributed by atoms with Crippen molar-refractivity contribution >= 4 is 23.4 Å². The molecule has 4 N–H and O–H groups in total. The molecule has 0 bridgehead atoms. The Kier molecular flexibility index (Phi) is 5.40. The van der Waals surface area contributed by atoms with Gasteiger partial charge in [0.2, 0.25) is 0 Å². The molecule has 10 heteroatoms. The molecule has 0 atom stereocenters. The fourth-order valence-electron chi connectivity index (χ4n) is 1.39. The highest BCUT2D eigenvalue weighted by molar-refractivity contribution is 5.98. The number of aromatic nitrogens is 1. The Balaban J connectivity index is 2.62. The standard InChI is InChI=1S/C11H16N6O4/c1-16(2)11(19)14-4-3-13-10(18)7-5-9(12)15-6-8(7)17(20)21/h5-6H,3-4H2,1-2H3,(H2,12,15)(H,13,18)(H,14,19). The van der Waals surface area contributed by atoms with Crippen LogP contribution in [0.2, 0.25) is 0 Å². The van der Waals surface area contributed by atoms with E-state index in [4.69, 9.17) is 5.73 Å². The number of nitrogens with two attached hydrogens (primary N) is 1. The van der Waals surface area contributed by atoms with Crippen molar-refractivity contribution in [3.05, 3.63) is 27.9 Å². The number of urea groups is 1. The van der Waals surface area contributed by atoms with Gasteiger partial charge in [-0.1, -0.05) is 0 Å². The molecule has 0 saturated heterocycles. The van der Waals surface area contributed by atoms with E-state index in [0.717, 1.165) is 12.3 Å². The molecule has 1 aromatic rings. The first kappa shape index (κ1) is 16.1. The third-order valence-electron chi connectivity index (χ3n) is 2.44. The Hall–Kier alpha value is -2.91. The van der Waals surface area contributed by atoms with Gasteiger partial charge in [0.1, 0.15) is 17.6 Å². The number of nitro groups is 1.